The summed E-state index contributed by atoms with van der Waals surface area (Å²) in [7, 11) is 0. The number of rotatable bonds is 2. The van der Waals surface area contributed by atoms with Crippen molar-refractivity contribution in [3.63, 3.8) is 0 Å². The van der Waals surface area contributed by atoms with Gasteiger partial charge in [0.05, 0.1) is 0 Å². The van der Waals surface area contributed by atoms with Crippen LogP contribution in [0.15, 0.2) is 0 Å². The van der Waals surface area contributed by atoms with Crippen LogP contribution in [0.3, 0.4) is 0 Å². The maximum atomic E-state index is 11.0. The molecule has 5 nitrogen and oxygen atoms in total. The Morgan fingerprint density at radius 1 is 1.55 bits per heavy atom. The van der Waals surface area contributed by atoms with E-state index in [0.717, 1.165) is 12.8 Å². The normalized spacial score (nSPS) is 16.1. The predicted octanol–water partition coefficient (Wildman–Crippen LogP) is 0.425. The molecule has 0 aromatic heterocycles. The Morgan fingerprint density at radius 2 is 2.09 bits per heavy atom. The van der Waals surface area contributed by atoms with Crippen LogP contribution in [0, 0.1) is 5.92 Å². The van der Waals surface area contributed by atoms with Gasteiger partial charge in [0.15, 0.2) is 0 Å². The van der Waals surface area contributed by atoms with Crippen molar-refractivity contribution in [1.82, 2.24) is 4.31 Å². The third-order valence-electron chi connectivity index (χ3n) is 1.41. The summed E-state index contributed by atoms with van der Waals surface area (Å²) in [5.41, 5.74) is 0. The van der Waals surface area contributed by atoms with E-state index < -0.39 is 12.0 Å². The Balaban J connectivity index is 2.52. The summed E-state index contributed by atoms with van der Waals surface area (Å²) >= 11 is 0.439. The van der Waals surface area contributed by atoms with Crippen LogP contribution in [0.25, 0.3) is 0 Å². The molecule has 1 rings (SSSR count). The first-order chi connectivity index (χ1) is 5.16. The number of amides is 2. The van der Waals surface area contributed by atoms with Crippen LogP contribution < -0.4 is 5.14 Å². The average molecular weight is 176 g/mol. The SMILES string of the molecule is NSN(C(=O)O)C(=O)C1CC1. The van der Waals surface area contributed by atoms with Gasteiger partial charge in [-0.15, -0.1) is 0 Å². The van der Waals surface area contributed by atoms with E-state index in [-0.39, 0.29) is 5.92 Å². The van der Waals surface area contributed by atoms with E-state index in [9.17, 15) is 9.59 Å². The van der Waals surface area contributed by atoms with Gasteiger partial charge < -0.3 is 5.11 Å². The number of carbonyl (C=O) groups excluding carboxylic acids is 1. The van der Waals surface area contributed by atoms with Crippen LogP contribution in [0.2, 0.25) is 0 Å². The summed E-state index contributed by atoms with van der Waals surface area (Å²) in [5.74, 6) is -0.507. The number of nitrogens with two attached hydrogens (primary N) is 1. The molecule has 0 bridgehead atoms. The summed E-state index contributed by atoms with van der Waals surface area (Å²) in [6.45, 7) is 0. The number of nitrogens with zero attached hydrogens (tertiary/aromatic N) is 1. The molecule has 0 radical (unpaired) electrons. The van der Waals surface area contributed by atoms with Gasteiger partial charge in [-0.1, -0.05) is 0 Å². The van der Waals surface area contributed by atoms with E-state index in [0.29, 0.717) is 16.4 Å². The summed E-state index contributed by atoms with van der Waals surface area (Å²) < 4.78 is 0.567. The zero-order chi connectivity index (χ0) is 8.43. The largest absolute Gasteiger partial charge is 0.464 e. The molecule has 1 aliphatic carbocycles. The number of carbonyl (C=O) groups is 2. The van der Waals surface area contributed by atoms with E-state index in [4.69, 9.17) is 10.2 Å². The maximum absolute atomic E-state index is 11.0. The van der Waals surface area contributed by atoms with E-state index in [2.05, 4.69) is 0 Å². The fourth-order valence-electron chi connectivity index (χ4n) is 0.687. The first-order valence-electron chi connectivity index (χ1n) is 3.10. The molecule has 3 N–H and O–H groups in total. The maximum Gasteiger partial charge on any atom is 0.425 e. The Kier molecular flexibility index (Phi) is 2.35. The highest BCUT2D eigenvalue weighted by Crippen LogP contribution is 2.32. The number of carboxylic acid groups (broad SMARTS) is 1. The Morgan fingerprint density at radius 3 is 2.36 bits per heavy atom. The predicted molar refractivity (Wildman–Crippen MR) is 39.4 cm³/mol. The third-order valence-corrected chi connectivity index (χ3v) is 1.95. The van der Waals surface area contributed by atoms with Crippen molar-refractivity contribution < 1.29 is 14.7 Å². The van der Waals surface area contributed by atoms with Gasteiger partial charge in [-0.2, -0.15) is 4.31 Å². The number of hydrogen-bond donors (Lipinski definition) is 2. The van der Waals surface area contributed by atoms with Crippen LogP contribution in [0.5, 0.6) is 0 Å². The fraction of sp³-hybridized carbons (Fsp3) is 0.600. The van der Waals surface area contributed by atoms with Crippen molar-refractivity contribution >= 4 is 24.1 Å². The average Bonchev–Trinajstić information content (AvgIpc) is 2.68. The second-order valence-corrected chi connectivity index (χ2v) is 2.87. The molecule has 1 saturated carbocycles. The van der Waals surface area contributed by atoms with Gasteiger partial charge in [0.2, 0.25) is 5.91 Å². The monoisotopic (exact) mass is 176 g/mol. The smallest absolute Gasteiger partial charge is 0.425 e. The number of hydrogen-bond acceptors (Lipinski definition) is 4. The Bertz CT molecular complexity index is 192. The quantitative estimate of drug-likeness (QED) is 0.596. The lowest BCUT2D eigenvalue weighted by Crippen LogP contribution is -2.32. The van der Waals surface area contributed by atoms with Gasteiger partial charge in [0.25, 0.3) is 0 Å². The molecule has 11 heavy (non-hydrogen) atoms. The van der Waals surface area contributed by atoms with Crippen molar-refractivity contribution in [2.75, 3.05) is 0 Å². The lowest BCUT2D eigenvalue weighted by Gasteiger charge is -2.11. The second-order valence-electron chi connectivity index (χ2n) is 2.29. The zero-order valence-corrected chi connectivity index (χ0v) is 6.50. The molecule has 62 valence electrons. The first kappa shape index (κ1) is 8.35. The minimum atomic E-state index is -1.30. The highest BCUT2D eigenvalue weighted by atomic mass is 32.2. The summed E-state index contributed by atoms with van der Waals surface area (Å²) in [4.78, 5) is 21.3. The molecular weight excluding hydrogens is 168 g/mol. The highest BCUT2D eigenvalue weighted by molar-refractivity contribution is 7.95. The molecule has 1 aliphatic rings. The van der Waals surface area contributed by atoms with Gasteiger partial charge in [-0.05, 0) is 12.8 Å². The van der Waals surface area contributed by atoms with Crippen LogP contribution >= 0.6 is 12.1 Å². The second kappa shape index (κ2) is 3.10. The van der Waals surface area contributed by atoms with Crippen molar-refractivity contribution in [1.29, 1.82) is 0 Å². The van der Waals surface area contributed by atoms with Gasteiger partial charge in [0.1, 0.15) is 0 Å². The molecule has 0 aliphatic heterocycles. The minimum Gasteiger partial charge on any atom is -0.464 e. The van der Waals surface area contributed by atoms with Crippen molar-refractivity contribution in [3.8, 4) is 0 Å². The topological polar surface area (TPSA) is 83.6 Å². The molecule has 6 heteroatoms. The molecule has 0 heterocycles. The van der Waals surface area contributed by atoms with E-state index in [1.165, 1.54) is 0 Å². The lowest BCUT2D eigenvalue weighted by molar-refractivity contribution is -0.125. The highest BCUT2D eigenvalue weighted by Gasteiger charge is 2.36. The van der Waals surface area contributed by atoms with Crippen molar-refractivity contribution in [2.45, 2.75) is 12.8 Å². The molecule has 0 atom stereocenters. The van der Waals surface area contributed by atoms with Gasteiger partial charge in [-0.25, -0.2) is 4.79 Å². The van der Waals surface area contributed by atoms with Crippen LogP contribution in [-0.4, -0.2) is 21.4 Å². The van der Waals surface area contributed by atoms with E-state index in [1.54, 1.807) is 0 Å². The molecule has 0 aromatic carbocycles. The van der Waals surface area contributed by atoms with Gasteiger partial charge in [-0.3, -0.25) is 9.93 Å². The molecule has 1 fully saturated rings. The van der Waals surface area contributed by atoms with Crippen molar-refractivity contribution in [2.24, 2.45) is 11.1 Å². The molecular formula is C5H8N2O3S. The van der Waals surface area contributed by atoms with Crippen LogP contribution in [0.1, 0.15) is 12.8 Å². The molecule has 0 spiro atoms. The lowest BCUT2D eigenvalue weighted by atomic mass is 10.4. The first-order valence-corrected chi connectivity index (χ1v) is 3.94. The van der Waals surface area contributed by atoms with Crippen molar-refractivity contribution in [3.05, 3.63) is 0 Å². The summed E-state index contributed by atoms with van der Waals surface area (Å²) in [6.07, 6.45) is 0.265. The fourth-order valence-corrected chi connectivity index (χ4v) is 1.03. The third kappa shape index (κ3) is 1.84. The summed E-state index contributed by atoms with van der Waals surface area (Å²) in [5, 5.41) is 13.4. The van der Waals surface area contributed by atoms with Crippen LogP contribution in [-0.2, 0) is 4.79 Å². The van der Waals surface area contributed by atoms with Gasteiger partial charge in [0, 0.05) is 18.1 Å². The van der Waals surface area contributed by atoms with E-state index >= 15 is 0 Å². The van der Waals surface area contributed by atoms with E-state index in [1.807, 2.05) is 0 Å². The van der Waals surface area contributed by atoms with Gasteiger partial charge >= 0.3 is 6.09 Å². The minimum absolute atomic E-state index is 0.109. The standard InChI is InChI=1S/C5H8N2O3S/c6-11-7(5(9)10)4(8)3-1-2-3/h3H,1-2,6H2,(H,9,10). The Labute approximate surface area is 67.8 Å². The van der Waals surface area contributed by atoms with Crippen LogP contribution in [0.4, 0.5) is 4.79 Å². The zero-order valence-electron chi connectivity index (χ0n) is 5.69. The molecule has 2 amide bonds. The molecule has 0 aromatic rings. The summed E-state index contributed by atoms with van der Waals surface area (Å²) in [6, 6.07) is 0. The number of imide groups is 1. The Hall–Kier alpha value is -0.750. The molecule has 0 saturated heterocycles. The molecule has 0 unspecified atom stereocenters.